The lowest BCUT2D eigenvalue weighted by molar-refractivity contribution is -0.124. The molecule has 1 amide bonds. The molecule has 0 unspecified atom stereocenters. The lowest BCUT2D eigenvalue weighted by Crippen LogP contribution is -2.20. The number of carbonyl (C=O) groups is 1. The summed E-state index contributed by atoms with van der Waals surface area (Å²) in [4.78, 5) is 20.4. The Hall–Kier alpha value is -2.28. The Balaban J connectivity index is 1.72. The summed E-state index contributed by atoms with van der Waals surface area (Å²) in [7, 11) is 0. The smallest absolute Gasteiger partial charge is 0.259 e. The van der Waals surface area contributed by atoms with Crippen LogP contribution in [0.2, 0.25) is 5.02 Å². The second kappa shape index (κ2) is 6.87. The maximum Gasteiger partial charge on any atom is 0.259 e. The minimum absolute atomic E-state index is 0.419. The Morgan fingerprint density at radius 2 is 2.04 bits per heavy atom. The molecule has 0 bridgehead atoms. The fourth-order valence-electron chi connectivity index (χ4n) is 1.99. The van der Waals surface area contributed by atoms with Crippen molar-refractivity contribution >= 4 is 34.0 Å². The number of aromatic nitrogens is 2. The van der Waals surface area contributed by atoms with Crippen LogP contribution in [0.25, 0.3) is 11.3 Å². The Kier molecular flexibility index (Phi) is 4.66. The number of hydrogen-bond acceptors (Lipinski definition) is 5. The molecule has 0 saturated carbocycles. The number of benzene rings is 1. The predicted octanol–water partition coefficient (Wildman–Crippen LogP) is 3.53. The topological polar surface area (TPSA) is 75.1 Å². The maximum absolute atomic E-state index is 12.1. The van der Waals surface area contributed by atoms with Gasteiger partial charge in [0.25, 0.3) is 5.91 Å². The molecular weight excluding hydrogens is 334 g/mol. The van der Waals surface area contributed by atoms with Gasteiger partial charge in [0.1, 0.15) is 0 Å². The van der Waals surface area contributed by atoms with Crippen molar-refractivity contribution in [2.75, 3.05) is 5.32 Å². The van der Waals surface area contributed by atoms with Gasteiger partial charge in [0, 0.05) is 28.4 Å². The summed E-state index contributed by atoms with van der Waals surface area (Å²) >= 11 is 7.15. The lowest BCUT2D eigenvalue weighted by atomic mass is 10.1. The highest BCUT2D eigenvalue weighted by atomic mass is 35.5. The number of halogens is 1. The van der Waals surface area contributed by atoms with Gasteiger partial charge in [-0.2, -0.15) is 0 Å². The quantitative estimate of drug-likeness (QED) is 0.758. The van der Waals surface area contributed by atoms with Gasteiger partial charge in [-0.1, -0.05) is 23.7 Å². The number of anilines is 1. The van der Waals surface area contributed by atoms with E-state index in [0.29, 0.717) is 15.7 Å². The SMILES string of the molecule is O=C(Nc1nc(-c2ccncc2)cs1)[C@H](O)c1cccc(Cl)c1. The van der Waals surface area contributed by atoms with Crippen LogP contribution in [0.3, 0.4) is 0 Å². The number of nitrogens with one attached hydrogen (secondary N) is 1. The molecule has 0 radical (unpaired) electrons. The number of hydrogen-bond donors (Lipinski definition) is 2. The molecule has 23 heavy (non-hydrogen) atoms. The third kappa shape index (κ3) is 3.73. The zero-order valence-electron chi connectivity index (χ0n) is 11.8. The summed E-state index contributed by atoms with van der Waals surface area (Å²) in [6.07, 6.45) is 2.05. The van der Waals surface area contributed by atoms with Gasteiger partial charge >= 0.3 is 0 Å². The average molecular weight is 346 g/mol. The fraction of sp³-hybridized carbons (Fsp3) is 0.0625. The van der Waals surface area contributed by atoms with Gasteiger partial charge in [0.15, 0.2) is 11.2 Å². The molecule has 0 spiro atoms. The molecular formula is C16H12ClN3O2S. The number of amides is 1. The summed E-state index contributed by atoms with van der Waals surface area (Å²) in [5, 5.41) is 15.4. The van der Waals surface area contributed by atoms with Gasteiger partial charge in [0.2, 0.25) is 0 Å². The van der Waals surface area contributed by atoms with Gasteiger partial charge in [-0.25, -0.2) is 4.98 Å². The summed E-state index contributed by atoms with van der Waals surface area (Å²) in [5.41, 5.74) is 2.08. The normalized spacial score (nSPS) is 11.9. The summed E-state index contributed by atoms with van der Waals surface area (Å²) in [6, 6.07) is 10.2. The van der Waals surface area contributed by atoms with Crippen molar-refractivity contribution in [3.63, 3.8) is 0 Å². The van der Waals surface area contributed by atoms with E-state index in [1.165, 1.54) is 11.3 Å². The molecule has 0 saturated heterocycles. The molecule has 116 valence electrons. The first kappa shape index (κ1) is 15.6. The zero-order valence-corrected chi connectivity index (χ0v) is 13.4. The highest BCUT2D eigenvalue weighted by Crippen LogP contribution is 2.25. The Morgan fingerprint density at radius 3 is 2.78 bits per heavy atom. The summed E-state index contributed by atoms with van der Waals surface area (Å²) in [6.45, 7) is 0. The van der Waals surface area contributed by atoms with Crippen LogP contribution < -0.4 is 5.32 Å². The first-order valence-electron chi connectivity index (χ1n) is 6.74. The molecule has 2 N–H and O–H groups in total. The van der Waals surface area contributed by atoms with Gasteiger partial charge in [-0.15, -0.1) is 11.3 Å². The molecule has 0 aliphatic carbocycles. The van der Waals surface area contributed by atoms with E-state index in [4.69, 9.17) is 11.6 Å². The van der Waals surface area contributed by atoms with Crippen molar-refractivity contribution in [1.29, 1.82) is 0 Å². The number of rotatable bonds is 4. The summed E-state index contributed by atoms with van der Waals surface area (Å²) in [5.74, 6) is -0.553. The van der Waals surface area contributed by atoms with Gasteiger partial charge < -0.3 is 5.11 Å². The van der Waals surface area contributed by atoms with E-state index < -0.39 is 12.0 Å². The Bertz CT molecular complexity index is 823. The lowest BCUT2D eigenvalue weighted by Gasteiger charge is -2.10. The van der Waals surface area contributed by atoms with Crippen LogP contribution >= 0.6 is 22.9 Å². The second-order valence-corrected chi connectivity index (χ2v) is 6.02. The monoisotopic (exact) mass is 345 g/mol. The first-order valence-corrected chi connectivity index (χ1v) is 7.99. The van der Waals surface area contributed by atoms with Crippen molar-refractivity contribution in [1.82, 2.24) is 9.97 Å². The molecule has 0 fully saturated rings. The number of nitrogens with zero attached hydrogens (tertiary/aromatic N) is 2. The van der Waals surface area contributed by atoms with Gasteiger partial charge in [-0.3, -0.25) is 15.1 Å². The van der Waals surface area contributed by atoms with Crippen molar-refractivity contribution < 1.29 is 9.90 Å². The van der Waals surface area contributed by atoms with E-state index >= 15 is 0 Å². The van der Waals surface area contributed by atoms with E-state index in [-0.39, 0.29) is 0 Å². The van der Waals surface area contributed by atoms with Crippen molar-refractivity contribution in [2.24, 2.45) is 0 Å². The number of aliphatic hydroxyl groups excluding tert-OH is 1. The van der Waals surface area contributed by atoms with Crippen LogP contribution in [0, 0.1) is 0 Å². The third-order valence-electron chi connectivity index (χ3n) is 3.12. The van der Waals surface area contributed by atoms with Crippen LogP contribution in [0.5, 0.6) is 0 Å². The van der Waals surface area contributed by atoms with Crippen LogP contribution in [0.1, 0.15) is 11.7 Å². The zero-order chi connectivity index (χ0) is 16.2. The first-order chi connectivity index (χ1) is 11.1. The molecule has 3 rings (SSSR count). The molecule has 3 aromatic rings. The Morgan fingerprint density at radius 1 is 1.26 bits per heavy atom. The van der Waals surface area contributed by atoms with Crippen molar-refractivity contribution in [3.8, 4) is 11.3 Å². The average Bonchev–Trinajstić information content (AvgIpc) is 3.03. The molecule has 7 heteroatoms. The minimum atomic E-state index is -1.30. The molecule has 2 heterocycles. The van der Waals surface area contributed by atoms with Crippen molar-refractivity contribution in [2.45, 2.75) is 6.10 Å². The van der Waals surface area contributed by atoms with Gasteiger partial charge in [0.05, 0.1) is 5.69 Å². The number of aliphatic hydroxyl groups is 1. The van der Waals surface area contributed by atoms with Gasteiger partial charge in [-0.05, 0) is 29.8 Å². The van der Waals surface area contributed by atoms with Crippen LogP contribution in [0.4, 0.5) is 5.13 Å². The third-order valence-corrected chi connectivity index (χ3v) is 4.12. The second-order valence-electron chi connectivity index (χ2n) is 4.72. The number of carbonyl (C=O) groups excluding carboxylic acids is 1. The molecule has 2 aromatic heterocycles. The van der Waals surface area contributed by atoms with Crippen molar-refractivity contribution in [3.05, 3.63) is 64.8 Å². The molecule has 0 aliphatic heterocycles. The fourth-order valence-corrected chi connectivity index (χ4v) is 2.91. The molecule has 1 atom stereocenters. The van der Waals surface area contributed by atoms with E-state index in [1.807, 2.05) is 17.5 Å². The Labute approximate surface area is 141 Å². The number of pyridine rings is 1. The standard InChI is InChI=1S/C16H12ClN3O2S/c17-12-3-1-2-11(8-12)14(21)15(22)20-16-19-13(9-23-16)10-4-6-18-7-5-10/h1-9,14,21H,(H,19,20,22)/t14-/m1/s1. The predicted molar refractivity (Wildman–Crippen MR) is 90.4 cm³/mol. The van der Waals surface area contributed by atoms with E-state index in [1.54, 1.807) is 36.7 Å². The molecule has 0 aliphatic rings. The van der Waals surface area contributed by atoms with Crippen LogP contribution in [-0.2, 0) is 4.79 Å². The van der Waals surface area contributed by atoms with E-state index in [0.717, 1.165) is 11.3 Å². The highest BCUT2D eigenvalue weighted by molar-refractivity contribution is 7.14. The molecule has 1 aromatic carbocycles. The highest BCUT2D eigenvalue weighted by Gasteiger charge is 2.19. The van der Waals surface area contributed by atoms with Crippen LogP contribution in [-0.4, -0.2) is 21.0 Å². The minimum Gasteiger partial charge on any atom is -0.378 e. The maximum atomic E-state index is 12.1. The van der Waals surface area contributed by atoms with E-state index in [2.05, 4.69) is 15.3 Å². The van der Waals surface area contributed by atoms with Crippen LogP contribution in [0.15, 0.2) is 54.2 Å². The number of thiazole rings is 1. The molecule has 5 nitrogen and oxygen atoms in total. The largest absolute Gasteiger partial charge is 0.378 e. The summed E-state index contributed by atoms with van der Waals surface area (Å²) < 4.78 is 0. The van der Waals surface area contributed by atoms with E-state index in [9.17, 15) is 9.90 Å².